The van der Waals surface area contributed by atoms with Gasteiger partial charge in [-0.25, -0.2) is 4.98 Å². The van der Waals surface area contributed by atoms with Crippen LogP contribution in [-0.4, -0.2) is 23.4 Å². The normalized spacial score (nSPS) is 10.9. The van der Waals surface area contributed by atoms with E-state index in [0.717, 1.165) is 0 Å². The average molecular weight is 345 g/mol. The minimum atomic E-state index is -4.70. The van der Waals surface area contributed by atoms with Crippen LogP contribution in [0, 0.1) is 11.8 Å². The van der Waals surface area contributed by atoms with Gasteiger partial charge in [-0.05, 0) is 36.3 Å². The average Bonchev–Trinajstić information content (AvgIpc) is 2.58. The molecular formula is C18H14F3N3O. The molecule has 0 saturated heterocycles. The summed E-state index contributed by atoms with van der Waals surface area (Å²) in [5.41, 5.74) is 1.76. The second-order valence-electron chi connectivity index (χ2n) is 4.83. The molecule has 2 aromatic rings. The number of anilines is 1. The summed E-state index contributed by atoms with van der Waals surface area (Å²) < 4.78 is 40.2. The fourth-order valence-corrected chi connectivity index (χ4v) is 1.72. The van der Waals surface area contributed by atoms with E-state index in [-0.39, 0.29) is 5.75 Å². The van der Waals surface area contributed by atoms with Gasteiger partial charge in [0.05, 0.1) is 6.20 Å². The van der Waals surface area contributed by atoms with Crippen LogP contribution in [0.3, 0.4) is 0 Å². The van der Waals surface area contributed by atoms with Gasteiger partial charge >= 0.3 is 6.36 Å². The Morgan fingerprint density at radius 1 is 1.24 bits per heavy atom. The standard InChI is InChI=1S/C18H14F3N3O/c1-14(3-4-15-13-22-10-11-23-15)9-12-24(2)16-5-7-17(8-6-16)25-18(19,20)21/h5-13H,1H2,2H3/b12-9-. The minimum absolute atomic E-state index is 0.270. The highest BCUT2D eigenvalue weighted by atomic mass is 19.4. The number of hydrogen-bond acceptors (Lipinski definition) is 4. The zero-order valence-electron chi connectivity index (χ0n) is 13.3. The van der Waals surface area contributed by atoms with Crippen LogP contribution in [0.1, 0.15) is 5.69 Å². The van der Waals surface area contributed by atoms with E-state index in [1.807, 2.05) is 0 Å². The summed E-state index contributed by atoms with van der Waals surface area (Å²) in [5, 5.41) is 0. The number of alkyl halides is 3. The molecule has 0 saturated carbocycles. The maximum Gasteiger partial charge on any atom is 0.573 e. The Hall–Kier alpha value is -3.27. The predicted molar refractivity (Wildman–Crippen MR) is 88.7 cm³/mol. The first kappa shape index (κ1) is 18.1. The zero-order chi connectivity index (χ0) is 18.3. The number of ether oxygens (including phenoxy) is 1. The van der Waals surface area contributed by atoms with E-state index >= 15 is 0 Å². The highest BCUT2D eigenvalue weighted by Crippen LogP contribution is 2.25. The van der Waals surface area contributed by atoms with Crippen molar-refractivity contribution in [1.29, 1.82) is 0 Å². The molecule has 0 aliphatic carbocycles. The van der Waals surface area contributed by atoms with Gasteiger partial charge in [-0.15, -0.1) is 13.2 Å². The summed E-state index contributed by atoms with van der Waals surface area (Å²) in [6, 6.07) is 5.52. The number of allylic oxidation sites excluding steroid dienone is 2. The molecule has 4 nitrogen and oxygen atoms in total. The number of rotatable bonds is 4. The van der Waals surface area contributed by atoms with Gasteiger partial charge in [0.2, 0.25) is 0 Å². The molecule has 0 amide bonds. The second kappa shape index (κ2) is 8.02. The van der Waals surface area contributed by atoms with Gasteiger partial charge in [0.15, 0.2) is 0 Å². The van der Waals surface area contributed by atoms with Crippen molar-refractivity contribution in [1.82, 2.24) is 9.97 Å². The molecule has 0 spiro atoms. The van der Waals surface area contributed by atoms with E-state index < -0.39 is 6.36 Å². The van der Waals surface area contributed by atoms with Crippen molar-refractivity contribution in [2.45, 2.75) is 6.36 Å². The first-order chi connectivity index (χ1) is 11.8. The Bertz CT molecular complexity index is 803. The fraction of sp³-hybridized carbons (Fsp3) is 0.111. The lowest BCUT2D eigenvalue weighted by atomic mass is 10.2. The van der Waals surface area contributed by atoms with Crippen LogP contribution in [0.15, 0.2) is 67.3 Å². The molecule has 1 heterocycles. The van der Waals surface area contributed by atoms with E-state index in [9.17, 15) is 13.2 Å². The van der Waals surface area contributed by atoms with Crippen molar-refractivity contribution in [3.8, 4) is 17.6 Å². The summed E-state index contributed by atoms with van der Waals surface area (Å²) in [4.78, 5) is 9.64. The lowest BCUT2D eigenvalue weighted by Crippen LogP contribution is -2.17. The highest BCUT2D eigenvalue weighted by molar-refractivity contribution is 5.52. The maximum atomic E-state index is 12.1. The molecule has 0 unspecified atom stereocenters. The second-order valence-corrected chi connectivity index (χ2v) is 4.83. The Balaban J connectivity index is 1.97. The SMILES string of the molecule is C=C(C#Cc1cnccn1)/C=C\N(C)c1ccc(OC(F)(F)F)cc1. The molecule has 128 valence electrons. The molecule has 1 aromatic carbocycles. The first-order valence-electron chi connectivity index (χ1n) is 7.07. The summed E-state index contributed by atoms with van der Waals surface area (Å²) in [6.45, 7) is 3.81. The monoisotopic (exact) mass is 345 g/mol. The van der Waals surface area contributed by atoms with Crippen LogP contribution in [0.5, 0.6) is 5.75 Å². The number of hydrogen-bond donors (Lipinski definition) is 0. The van der Waals surface area contributed by atoms with Crippen LogP contribution in [0.4, 0.5) is 18.9 Å². The molecule has 0 aliphatic heterocycles. The lowest BCUT2D eigenvalue weighted by molar-refractivity contribution is -0.274. The van der Waals surface area contributed by atoms with E-state index in [4.69, 9.17) is 0 Å². The van der Waals surface area contributed by atoms with Crippen molar-refractivity contribution >= 4 is 5.69 Å². The van der Waals surface area contributed by atoms with Crippen LogP contribution < -0.4 is 9.64 Å². The zero-order valence-corrected chi connectivity index (χ0v) is 13.3. The number of aromatic nitrogens is 2. The third-order valence-corrected chi connectivity index (χ3v) is 2.89. The van der Waals surface area contributed by atoms with Crippen LogP contribution >= 0.6 is 0 Å². The minimum Gasteiger partial charge on any atom is -0.406 e. The molecule has 7 heteroatoms. The number of benzene rings is 1. The Morgan fingerprint density at radius 2 is 1.96 bits per heavy atom. The summed E-state index contributed by atoms with van der Waals surface area (Å²) >= 11 is 0. The van der Waals surface area contributed by atoms with E-state index in [0.29, 0.717) is 17.0 Å². The van der Waals surface area contributed by atoms with E-state index in [1.54, 1.807) is 42.8 Å². The molecular weight excluding hydrogens is 331 g/mol. The third-order valence-electron chi connectivity index (χ3n) is 2.89. The topological polar surface area (TPSA) is 38.2 Å². The van der Waals surface area contributed by atoms with Crippen molar-refractivity contribution in [2.75, 3.05) is 11.9 Å². The van der Waals surface area contributed by atoms with Crippen molar-refractivity contribution in [3.05, 3.63) is 73.0 Å². The van der Waals surface area contributed by atoms with Gasteiger partial charge in [-0.1, -0.05) is 12.5 Å². The van der Waals surface area contributed by atoms with Crippen LogP contribution in [0.25, 0.3) is 0 Å². The summed E-state index contributed by atoms with van der Waals surface area (Å²) in [6.07, 6.45) is 3.33. The molecule has 0 N–H and O–H groups in total. The largest absolute Gasteiger partial charge is 0.573 e. The van der Waals surface area contributed by atoms with E-state index in [2.05, 4.69) is 33.1 Å². The van der Waals surface area contributed by atoms with E-state index in [1.165, 1.54) is 24.3 Å². The molecule has 0 fully saturated rings. The van der Waals surface area contributed by atoms with Gasteiger partial charge in [-0.3, -0.25) is 4.98 Å². The van der Waals surface area contributed by atoms with Gasteiger partial charge in [0.1, 0.15) is 11.4 Å². The number of halogens is 3. The highest BCUT2D eigenvalue weighted by Gasteiger charge is 2.30. The lowest BCUT2D eigenvalue weighted by Gasteiger charge is -2.15. The van der Waals surface area contributed by atoms with Crippen molar-refractivity contribution in [2.24, 2.45) is 0 Å². The van der Waals surface area contributed by atoms with Crippen LogP contribution in [0.2, 0.25) is 0 Å². The first-order valence-corrected chi connectivity index (χ1v) is 7.07. The maximum absolute atomic E-state index is 12.1. The summed E-state index contributed by atoms with van der Waals surface area (Å²) in [5.74, 6) is 5.39. The Kier molecular flexibility index (Phi) is 5.79. The van der Waals surface area contributed by atoms with Crippen LogP contribution in [-0.2, 0) is 0 Å². The molecule has 25 heavy (non-hydrogen) atoms. The molecule has 0 radical (unpaired) electrons. The predicted octanol–water partition coefficient (Wildman–Crippen LogP) is 3.93. The van der Waals surface area contributed by atoms with Gasteiger partial charge in [-0.2, -0.15) is 0 Å². The quantitative estimate of drug-likeness (QED) is 0.622. The molecule has 2 rings (SSSR count). The third kappa shape index (κ3) is 6.39. The van der Waals surface area contributed by atoms with Crippen molar-refractivity contribution < 1.29 is 17.9 Å². The van der Waals surface area contributed by atoms with Gasteiger partial charge in [0, 0.05) is 36.9 Å². The molecule has 0 aliphatic rings. The summed E-state index contributed by atoms with van der Waals surface area (Å²) in [7, 11) is 1.75. The van der Waals surface area contributed by atoms with Gasteiger partial charge in [0.25, 0.3) is 0 Å². The Morgan fingerprint density at radius 3 is 2.56 bits per heavy atom. The van der Waals surface area contributed by atoms with Crippen molar-refractivity contribution in [3.63, 3.8) is 0 Å². The number of nitrogens with zero attached hydrogens (tertiary/aromatic N) is 3. The molecule has 1 aromatic heterocycles. The molecule has 0 bridgehead atoms. The Labute approximate surface area is 143 Å². The fourth-order valence-electron chi connectivity index (χ4n) is 1.72. The smallest absolute Gasteiger partial charge is 0.406 e. The molecule has 0 atom stereocenters. The van der Waals surface area contributed by atoms with Gasteiger partial charge < -0.3 is 9.64 Å².